The molecule has 1 aromatic carbocycles. The molecule has 0 heterocycles. The molecule has 5 nitrogen and oxygen atoms in total. The van der Waals surface area contributed by atoms with Crippen LogP contribution in [0.5, 0.6) is 0 Å². The summed E-state index contributed by atoms with van der Waals surface area (Å²) in [5.41, 5.74) is 2.59. The van der Waals surface area contributed by atoms with Crippen LogP contribution in [0.25, 0.3) is 0 Å². The molecule has 2 N–H and O–H groups in total. The van der Waals surface area contributed by atoms with Gasteiger partial charge in [-0.25, -0.2) is 0 Å². The molecule has 0 aliphatic rings. The van der Waals surface area contributed by atoms with Gasteiger partial charge in [0.2, 0.25) is 0 Å². The van der Waals surface area contributed by atoms with Gasteiger partial charge in [-0.3, -0.25) is 4.99 Å². The maximum absolute atomic E-state index is 5.60. The number of benzene rings is 1. The molecule has 1 rings (SSSR count). The molecule has 0 bridgehead atoms. The highest BCUT2D eigenvalue weighted by Crippen LogP contribution is 2.17. The summed E-state index contributed by atoms with van der Waals surface area (Å²) < 4.78 is 5.60. The highest BCUT2D eigenvalue weighted by atomic mass is 16.5. The summed E-state index contributed by atoms with van der Waals surface area (Å²) in [6.07, 6.45) is 0.975. The molecule has 1 atom stereocenters. The standard InChI is InChI=1S/C20H36N4O/c1-16(2)15-25-13-7-12-22-20(21-4)23-14-19(24(5)6)18-10-8-17(3)9-11-18/h8-11,16,19H,7,12-15H2,1-6H3,(H2,21,22,23). The van der Waals surface area contributed by atoms with Crippen LogP contribution in [0, 0.1) is 12.8 Å². The number of aryl methyl sites for hydroxylation is 1. The maximum Gasteiger partial charge on any atom is 0.191 e. The van der Waals surface area contributed by atoms with Crippen molar-refractivity contribution in [3.05, 3.63) is 35.4 Å². The van der Waals surface area contributed by atoms with Crippen molar-refractivity contribution in [1.82, 2.24) is 15.5 Å². The first kappa shape index (κ1) is 21.5. The van der Waals surface area contributed by atoms with Crippen LogP contribution in [0.3, 0.4) is 0 Å². The molecule has 0 aliphatic carbocycles. The Morgan fingerprint density at radius 1 is 1.16 bits per heavy atom. The molecule has 0 radical (unpaired) electrons. The van der Waals surface area contributed by atoms with Crippen molar-refractivity contribution in [1.29, 1.82) is 0 Å². The van der Waals surface area contributed by atoms with E-state index < -0.39 is 0 Å². The second-order valence-corrected chi connectivity index (χ2v) is 7.09. The molecule has 5 heteroatoms. The normalized spacial score (nSPS) is 13.4. The van der Waals surface area contributed by atoms with Crippen LogP contribution in [0.15, 0.2) is 29.3 Å². The smallest absolute Gasteiger partial charge is 0.191 e. The fourth-order valence-electron chi connectivity index (χ4n) is 2.50. The van der Waals surface area contributed by atoms with E-state index in [-0.39, 0.29) is 0 Å². The Kier molecular flexibility index (Phi) is 10.2. The van der Waals surface area contributed by atoms with E-state index in [1.807, 2.05) is 0 Å². The van der Waals surface area contributed by atoms with Gasteiger partial charge >= 0.3 is 0 Å². The van der Waals surface area contributed by atoms with Crippen molar-refractivity contribution >= 4 is 5.96 Å². The first-order chi connectivity index (χ1) is 11.9. The third kappa shape index (κ3) is 8.89. The molecule has 142 valence electrons. The van der Waals surface area contributed by atoms with Crippen LogP contribution >= 0.6 is 0 Å². The lowest BCUT2D eigenvalue weighted by Gasteiger charge is -2.26. The average Bonchev–Trinajstić information content (AvgIpc) is 2.57. The highest BCUT2D eigenvalue weighted by molar-refractivity contribution is 5.79. The summed E-state index contributed by atoms with van der Waals surface area (Å²) in [5, 5.41) is 6.78. The molecule has 1 aromatic rings. The zero-order chi connectivity index (χ0) is 18.7. The maximum atomic E-state index is 5.60. The number of ether oxygens (including phenoxy) is 1. The number of likely N-dealkylation sites (N-methyl/N-ethyl adjacent to an activating group) is 1. The minimum atomic E-state index is 0.300. The van der Waals surface area contributed by atoms with Crippen molar-refractivity contribution in [2.75, 3.05) is 47.4 Å². The molecule has 0 fully saturated rings. The number of guanidine groups is 1. The number of rotatable bonds is 10. The SMILES string of the molecule is CN=C(NCCCOCC(C)C)NCC(c1ccc(C)cc1)N(C)C. The van der Waals surface area contributed by atoms with Gasteiger partial charge in [-0.15, -0.1) is 0 Å². The van der Waals surface area contributed by atoms with Crippen molar-refractivity contribution < 1.29 is 4.74 Å². The average molecular weight is 349 g/mol. The predicted octanol–water partition coefficient (Wildman–Crippen LogP) is 2.83. The first-order valence-electron chi connectivity index (χ1n) is 9.19. The fraction of sp³-hybridized carbons (Fsp3) is 0.650. The Balaban J connectivity index is 2.39. The second kappa shape index (κ2) is 11.9. The number of nitrogens with zero attached hydrogens (tertiary/aromatic N) is 2. The van der Waals surface area contributed by atoms with Gasteiger partial charge in [0.15, 0.2) is 5.96 Å². The molecular weight excluding hydrogens is 312 g/mol. The topological polar surface area (TPSA) is 48.9 Å². The number of aliphatic imine (C=N–C) groups is 1. The summed E-state index contributed by atoms with van der Waals surface area (Å²) in [5.74, 6) is 1.43. The molecule has 1 unspecified atom stereocenters. The van der Waals surface area contributed by atoms with Gasteiger partial charge in [-0.1, -0.05) is 43.7 Å². The fourth-order valence-corrected chi connectivity index (χ4v) is 2.50. The molecule has 0 aliphatic heterocycles. The van der Waals surface area contributed by atoms with Crippen molar-refractivity contribution in [2.24, 2.45) is 10.9 Å². The van der Waals surface area contributed by atoms with Gasteiger partial charge in [-0.05, 0) is 38.9 Å². The largest absolute Gasteiger partial charge is 0.381 e. The number of hydrogen-bond donors (Lipinski definition) is 2. The van der Waals surface area contributed by atoms with Crippen LogP contribution in [0.4, 0.5) is 0 Å². The Bertz CT molecular complexity index is 497. The monoisotopic (exact) mass is 348 g/mol. The van der Waals surface area contributed by atoms with Crippen LogP contribution in [0.1, 0.15) is 37.4 Å². The summed E-state index contributed by atoms with van der Waals surface area (Å²) in [7, 11) is 6.02. The molecule has 0 spiro atoms. The number of hydrogen-bond acceptors (Lipinski definition) is 3. The molecular formula is C20H36N4O. The van der Waals surface area contributed by atoms with E-state index in [1.165, 1.54) is 11.1 Å². The van der Waals surface area contributed by atoms with E-state index in [0.29, 0.717) is 12.0 Å². The third-order valence-corrected chi connectivity index (χ3v) is 3.98. The van der Waals surface area contributed by atoms with E-state index in [4.69, 9.17) is 4.74 Å². The highest BCUT2D eigenvalue weighted by Gasteiger charge is 2.14. The van der Waals surface area contributed by atoms with Gasteiger partial charge in [0.25, 0.3) is 0 Å². The Labute approximate surface area is 153 Å². The van der Waals surface area contributed by atoms with Crippen LogP contribution in [-0.2, 0) is 4.74 Å². The summed E-state index contributed by atoms with van der Waals surface area (Å²) in [4.78, 5) is 6.54. The second-order valence-electron chi connectivity index (χ2n) is 7.09. The molecule has 25 heavy (non-hydrogen) atoms. The first-order valence-corrected chi connectivity index (χ1v) is 9.19. The van der Waals surface area contributed by atoms with E-state index in [0.717, 1.165) is 38.7 Å². The Morgan fingerprint density at radius 3 is 2.40 bits per heavy atom. The van der Waals surface area contributed by atoms with Crippen molar-refractivity contribution in [3.8, 4) is 0 Å². The van der Waals surface area contributed by atoms with Gasteiger partial charge in [-0.2, -0.15) is 0 Å². The van der Waals surface area contributed by atoms with Crippen molar-refractivity contribution in [3.63, 3.8) is 0 Å². The summed E-state index contributed by atoms with van der Waals surface area (Å²) >= 11 is 0. The van der Waals surface area contributed by atoms with Gasteiger partial charge < -0.3 is 20.3 Å². The van der Waals surface area contributed by atoms with Crippen LogP contribution in [-0.4, -0.2) is 58.3 Å². The van der Waals surface area contributed by atoms with Gasteiger partial charge in [0, 0.05) is 33.4 Å². The lowest BCUT2D eigenvalue weighted by molar-refractivity contribution is 0.108. The van der Waals surface area contributed by atoms with E-state index >= 15 is 0 Å². The zero-order valence-electron chi connectivity index (χ0n) is 16.8. The lowest BCUT2D eigenvalue weighted by atomic mass is 10.0. The predicted molar refractivity (Wildman–Crippen MR) is 107 cm³/mol. The third-order valence-electron chi connectivity index (χ3n) is 3.98. The Hall–Kier alpha value is -1.59. The zero-order valence-corrected chi connectivity index (χ0v) is 16.8. The van der Waals surface area contributed by atoms with Crippen LogP contribution < -0.4 is 10.6 Å². The van der Waals surface area contributed by atoms with Crippen molar-refractivity contribution in [2.45, 2.75) is 33.2 Å². The quantitative estimate of drug-likeness (QED) is 0.388. The molecule has 0 amide bonds. The van der Waals surface area contributed by atoms with Gasteiger partial charge in [0.1, 0.15) is 0 Å². The Morgan fingerprint density at radius 2 is 1.84 bits per heavy atom. The molecule has 0 saturated carbocycles. The summed E-state index contributed by atoms with van der Waals surface area (Å²) in [6, 6.07) is 9.02. The minimum absolute atomic E-state index is 0.300. The summed E-state index contributed by atoms with van der Waals surface area (Å²) in [6.45, 7) is 9.72. The van der Waals surface area contributed by atoms with Crippen LogP contribution in [0.2, 0.25) is 0 Å². The van der Waals surface area contributed by atoms with E-state index in [9.17, 15) is 0 Å². The molecule has 0 aromatic heterocycles. The lowest BCUT2D eigenvalue weighted by Crippen LogP contribution is -2.42. The van der Waals surface area contributed by atoms with E-state index in [2.05, 4.69) is 79.7 Å². The van der Waals surface area contributed by atoms with E-state index in [1.54, 1.807) is 7.05 Å². The molecule has 0 saturated heterocycles. The minimum Gasteiger partial charge on any atom is -0.381 e. The van der Waals surface area contributed by atoms with Gasteiger partial charge in [0.05, 0.1) is 6.04 Å². The number of nitrogens with one attached hydrogen (secondary N) is 2.